The lowest BCUT2D eigenvalue weighted by Gasteiger charge is -2.37. The van der Waals surface area contributed by atoms with Crippen LogP contribution in [0, 0.1) is 11.3 Å². The minimum Gasteiger partial charge on any atom is -0.390 e. The summed E-state index contributed by atoms with van der Waals surface area (Å²) in [6, 6.07) is 0.699. The van der Waals surface area contributed by atoms with Gasteiger partial charge in [-0.1, -0.05) is 12.8 Å². The summed E-state index contributed by atoms with van der Waals surface area (Å²) >= 11 is 0. The third kappa shape index (κ3) is 3.53. The van der Waals surface area contributed by atoms with Crippen molar-refractivity contribution in [3.8, 4) is 0 Å². The number of nitrogens with zero attached hydrogens (tertiary/aromatic N) is 2. The van der Waals surface area contributed by atoms with Crippen LogP contribution in [0.15, 0.2) is 0 Å². The van der Waals surface area contributed by atoms with Crippen LogP contribution in [0.5, 0.6) is 0 Å². The van der Waals surface area contributed by atoms with E-state index in [1.807, 2.05) is 0 Å². The highest BCUT2D eigenvalue weighted by Crippen LogP contribution is 2.42. The van der Waals surface area contributed by atoms with E-state index in [-0.39, 0.29) is 11.3 Å². The molecule has 0 unspecified atom stereocenters. The van der Waals surface area contributed by atoms with Gasteiger partial charge in [0.2, 0.25) is 5.91 Å². The third-order valence-electron chi connectivity index (χ3n) is 7.64. The van der Waals surface area contributed by atoms with Crippen LogP contribution in [0.1, 0.15) is 44.9 Å². The van der Waals surface area contributed by atoms with Gasteiger partial charge in [-0.2, -0.15) is 0 Å². The molecule has 3 heterocycles. The van der Waals surface area contributed by atoms with Crippen molar-refractivity contribution < 1.29 is 9.90 Å². The fourth-order valence-electron chi connectivity index (χ4n) is 5.70. The normalized spacial score (nSPS) is 35.7. The molecule has 0 radical (unpaired) electrons. The first-order chi connectivity index (χ1) is 12.5. The van der Waals surface area contributed by atoms with E-state index >= 15 is 0 Å². The van der Waals surface area contributed by atoms with Gasteiger partial charge in [0, 0.05) is 57.8 Å². The van der Waals surface area contributed by atoms with Gasteiger partial charge < -0.3 is 20.6 Å². The Morgan fingerprint density at radius 2 is 2.00 bits per heavy atom. The third-order valence-corrected chi connectivity index (χ3v) is 7.64. The SMILES string of the molecule is CN1CCC(O)(CCNC(=O)[C@@]23CNC[C@@H]2CN(C2CCCC2)C3)CC1. The Labute approximate surface area is 157 Å². The molecule has 0 spiro atoms. The predicted octanol–water partition coefficient (Wildman–Crippen LogP) is 0.413. The largest absolute Gasteiger partial charge is 0.390 e. The monoisotopic (exact) mass is 364 g/mol. The zero-order valence-corrected chi connectivity index (χ0v) is 16.3. The van der Waals surface area contributed by atoms with Crippen LogP contribution in [0.3, 0.4) is 0 Å². The summed E-state index contributed by atoms with van der Waals surface area (Å²) in [5, 5.41) is 17.4. The molecule has 26 heavy (non-hydrogen) atoms. The van der Waals surface area contributed by atoms with Gasteiger partial charge in [-0.25, -0.2) is 0 Å². The van der Waals surface area contributed by atoms with E-state index in [0.29, 0.717) is 24.9 Å². The van der Waals surface area contributed by atoms with Crippen molar-refractivity contribution >= 4 is 5.91 Å². The van der Waals surface area contributed by atoms with Crippen LogP contribution in [-0.4, -0.2) is 85.3 Å². The van der Waals surface area contributed by atoms with Crippen LogP contribution in [-0.2, 0) is 4.79 Å². The Morgan fingerprint density at radius 1 is 1.27 bits per heavy atom. The van der Waals surface area contributed by atoms with E-state index in [0.717, 1.165) is 52.1 Å². The van der Waals surface area contributed by atoms with Crippen LogP contribution in [0.2, 0.25) is 0 Å². The number of likely N-dealkylation sites (tertiary alicyclic amines) is 2. The van der Waals surface area contributed by atoms with E-state index in [9.17, 15) is 9.90 Å². The van der Waals surface area contributed by atoms with Crippen molar-refractivity contribution in [2.45, 2.75) is 56.6 Å². The molecule has 6 heteroatoms. The zero-order valence-electron chi connectivity index (χ0n) is 16.3. The molecule has 6 nitrogen and oxygen atoms in total. The lowest BCUT2D eigenvalue weighted by molar-refractivity contribution is -0.131. The van der Waals surface area contributed by atoms with Crippen molar-refractivity contribution in [2.24, 2.45) is 11.3 Å². The number of aliphatic hydroxyl groups is 1. The van der Waals surface area contributed by atoms with E-state index < -0.39 is 5.60 Å². The van der Waals surface area contributed by atoms with Gasteiger partial charge in [0.25, 0.3) is 0 Å². The smallest absolute Gasteiger partial charge is 0.229 e. The minimum atomic E-state index is -0.601. The zero-order chi connectivity index (χ0) is 18.2. The molecular formula is C20H36N4O2. The summed E-state index contributed by atoms with van der Waals surface area (Å²) in [6.45, 7) is 6.23. The number of piperidine rings is 1. The number of nitrogens with one attached hydrogen (secondary N) is 2. The summed E-state index contributed by atoms with van der Waals surface area (Å²) in [4.78, 5) is 18.0. The van der Waals surface area contributed by atoms with Crippen molar-refractivity contribution in [3.05, 3.63) is 0 Å². The summed E-state index contributed by atoms with van der Waals surface area (Å²) in [5.74, 6) is 0.652. The molecule has 148 valence electrons. The topological polar surface area (TPSA) is 67.8 Å². The number of hydrogen-bond acceptors (Lipinski definition) is 5. The van der Waals surface area contributed by atoms with E-state index in [4.69, 9.17) is 0 Å². The highest BCUT2D eigenvalue weighted by molar-refractivity contribution is 5.84. The fourth-order valence-corrected chi connectivity index (χ4v) is 5.70. The van der Waals surface area contributed by atoms with E-state index in [1.54, 1.807) is 0 Å². The summed E-state index contributed by atoms with van der Waals surface area (Å²) < 4.78 is 0. The molecule has 2 atom stereocenters. The molecule has 0 aromatic heterocycles. The Kier molecular flexibility index (Phi) is 5.30. The van der Waals surface area contributed by atoms with Crippen LogP contribution < -0.4 is 10.6 Å². The van der Waals surface area contributed by atoms with Crippen molar-refractivity contribution in [1.82, 2.24) is 20.4 Å². The average Bonchev–Trinajstić information content (AvgIpc) is 3.32. The standard InChI is InChI=1S/C20H36N4O2/c1-23-10-7-19(26,8-11-23)6-9-22-18(25)20-14-21-12-16(20)13-24(15-20)17-4-2-3-5-17/h16-17,21,26H,2-15H2,1H3,(H,22,25)/t16-,20-/m1/s1. The van der Waals surface area contributed by atoms with Crippen molar-refractivity contribution in [3.63, 3.8) is 0 Å². The second-order valence-electron chi connectivity index (χ2n) is 9.39. The summed E-state index contributed by atoms with van der Waals surface area (Å²) in [7, 11) is 2.10. The maximum Gasteiger partial charge on any atom is 0.229 e. The Balaban J connectivity index is 1.31. The van der Waals surface area contributed by atoms with E-state index in [2.05, 4.69) is 27.5 Å². The first-order valence-electron chi connectivity index (χ1n) is 10.6. The molecule has 3 aliphatic heterocycles. The molecule has 0 aromatic rings. The average molecular weight is 365 g/mol. The number of fused-ring (bicyclic) bond motifs is 1. The van der Waals surface area contributed by atoms with Crippen LogP contribution in [0.4, 0.5) is 0 Å². The Bertz CT molecular complexity index is 514. The van der Waals surface area contributed by atoms with Gasteiger partial charge in [-0.3, -0.25) is 9.69 Å². The second kappa shape index (κ2) is 7.38. The van der Waals surface area contributed by atoms with Gasteiger partial charge in [0.05, 0.1) is 11.0 Å². The van der Waals surface area contributed by atoms with Crippen molar-refractivity contribution in [1.29, 1.82) is 0 Å². The number of hydrogen-bond donors (Lipinski definition) is 3. The van der Waals surface area contributed by atoms with Crippen LogP contribution in [0.25, 0.3) is 0 Å². The minimum absolute atomic E-state index is 0.213. The molecule has 4 aliphatic rings. The maximum atomic E-state index is 13.1. The molecule has 1 aliphatic carbocycles. The van der Waals surface area contributed by atoms with Gasteiger partial charge in [-0.15, -0.1) is 0 Å². The molecule has 4 rings (SSSR count). The molecule has 3 N–H and O–H groups in total. The molecule has 3 saturated heterocycles. The lowest BCUT2D eigenvalue weighted by atomic mass is 9.80. The first kappa shape index (κ1) is 18.7. The number of carbonyl (C=O) groups is 1. The maximum absolute atomic E-state index is 13.1. The number of amides is 1. The predicted molar refractivity (Wildman–Crippen MR) is 102 cm³/mol. The molecule has 0 aromatic carbocycles. The molecular weight excluding hydrogens is 328 g/mol. The molecule has 1 saturated carbocycles. The first-order valence-corrected chi connectivity index (χ1v) is 10.6. The quantitative estimate of drug-likeness (QED) is 0.660. The second-order valence-corrected chi connectivity index (χ2v) is 9.39. The Hall–Kier alpha value is -0.690. The summed E-state index contributed by atoms with van der Waals surface area (Å²) in [5.41, 5.74) is -0.853. The lowest BCUT2D eigenvalue weighted by Crippen LogP contribution is -2.50. The Morgan fingerprint density at radius 3 is 2.73 bits per heavy atom. The van der Waals surface area contributed by atoms with Crippen molar-refractivity contribution in [2.75, 3.05) is 52.9 Å². The number of carbonyl (C=O) groups excluding carboxylic acids is 1. The van der Waals surface area contributed by atoms with E-state index in [1.165, 1.54) is 25.7 Å². The molecule has 0 bridgehead atoms. The summed E-state index contributed by atoms with van der Waals surface area (Å²) in [6.07, 6.45) is 7.59. The number of rotatable bonds is 5. The highest BCUT2D eigenvalue weighted by atomic mass is 16.3. The van der Waals surface area contributed by atoms with Gasteiger partial charge >= 0.3 is 0 Å². The molecule has 4 fully saturated rings. The fraction of sp³-hybridized carbons (Fsp3) is 0.950. The van der Waals surface area contributed by atoms with Gasteiger partial charge in [0.15, 0.2) is 0 Å². The van der Waals surface area contributed by atoms with Gasteiger partial charge in [-0.05, 0) is 39.2 Å². The molecule has 1 amide bonds. The van der Waals surface area contributed by atoms with Crippen LogP contribution >= 0.6 is 0 Å². The van der Waals surface area contributed by atoms with Gasteiger partial charge in [0.1, 0.15) is 0 Å². The highest BCUT2D eigenvalue weighted by Gasteiger charge is 2.55.